The molecule has 0 aliphatic carbocycles. The van der Waals surface area contributed by atoms with E-state index in [1.807, 2.05) is 0 Å². The minimum Gasteiger partial charge on any atom is -0.481 e. The van der Waals surface area contributed by atoms with Crippen LogP contribution in [-0.4, -0.2) is 33.4 Å². The molecule has 8 nitrogen and oxygen atoms in total. The molecule has 124 valence electrons. The number of nitrogens with two attached hydrogens (primary N) is 1. The molecular formula is C13H21N3O5S. The average molecular weight is 331 g/mol. The van der Waals surface area contributed by atoms with Gasteiger partial charge < -0.3 is 15.6 Å². The number of esters is 1. The van der Waals surface area contributed by atoms with Gasteiger partial charge in [0.15, 0.2) is 10.8 Å². The second kappa shape index (κ2) is 6.57. The first kappa shape index (κ1) is 18.3. The summed E-state index contributed by atoms with van der Waals surface area (Å²) < 4.78 is 9.13. The molecule has 0 saturated heterocycles. The van der Waals surface area contributed by atoms with E-state index in [0.29, 0.717) is 5.70 Å². The summed E-state index contributed by atoms with van der Waals surface area (Å²) >= 11 is 0. The van der Waals surface area contributed by atoms with Crippen molar-refractivity contribution in [2.75, 3.05) is 0 Å². The summed E-state index contributed by atoms with van der Waals surface area (Å²) in [6, 6.07) is 0. The standard InChI is InChI=1S/C13H21N3O5S/c1-12(2,3)20-10(19)13(4,5)21-16-22-7-8(6-9(17)18)15-11(22)14/h7H,6H2,1-5H3,(H2,14,15)(H,17,18). The van der Waals surface area contributed by atoms with Crippen molar-refractivity contribution >= 4 is 27.8 Å². The quantitative estimate of drug-likeness (QED) is 0.581. The molecule has 1 aliphatic rings. The lowest BCUT2D eigenvalue weighted by Gasteiger charge is -2.26. The van der Waals surface area contributed by atoms with Crippen molar-refractivity contribution in [2.45, 2.75) is 52.2 Å². The zero-order valence-electron chi connectivity index (χ0n) is 13.2. The molecule has 0 aromatic carbocycles. The zero-order chi connectivity index (χ0) is 17.1. The number of carbonyl (C=O) groups is 2. The highest BCUT2D eigenvalue weighted by atomic mass is 32.2. The minimum atomic E-state index is -1.29. The van der Waals surface area contributed by atoms with Gasteiger partial charge in [0.2, 0.25) is 0 Å². The molecule has 1 unspecified atom stereocenters. The molecule has 3 N–H and O–H groups in total. The number of hydrogen-bond donors (Lipinski definition) is 2. The Bertz CT molecular complexity index is 573. The number of rotatable bonds is 5. The minimum absolute atomic E-state index is 0.149. The van der Waals surface area contributed by atoms with E-state index in [1.165, 1.54) is 19.3 Å². The van der Waals surface area contributed by atoms with E-state index in [-0.39, 0.29) is 11.6 Å². The molecule has 0 fully saturated rings. The number of amidine groups is 1. The van der Waals surface area contributed by atoms with Crippen molar-refractivity contribution in [1.29, 1.82) is 0 Å². The van der Waals surface area contributed by atoms with E-state index in [4.69, 9.17) is 20.4 Å². The molecule has 0 spiro atoms. The third-order valence-electron chi connectivity index (χ3n) is 2.28. The van der Waals surface area contributed by atoms with Gasteiger partial charge in [0.05, 0.1) is 12.1 Å². The van der Waals surface area contributed by atoms with Gasteiger partial charge in [0.25, 0.3) is 0 Å². The molecule has 0 aromatic heterocycles. The van der Waals surface area contributed by atoms with Crippen molar-refractivity contribution < 1.29 is 24.3 Å². The second-order valence-corrected chi connectivity index (χ2v) is 7.55. The summed E-state index contributed by atoms with van der Waals surface area (Å²) in [5, 5.41) is 10.4. The Morgan fingerprint density at radius 1 is 1.36 bits per heavy atom. The fraction of sp³-hybridized carbons (Fsp3) is 0.615. The molecule has 0 radical (unpaired) electrons. The van der Waals surface area contributed by atoms with Gasteiger partial charge in [-0.3, -0.25) is 4.79 Å². The molecule has 0 amide bonds. The maximum Gasteiger partial charge on any atom is 0.341 e. The summed E-state index contributed by atoms with van der Waals surface area (Å²) in [6.07, 6.45) is -0.241. The summed E-state index contributed by atoms with van der Waals surface area (Å²) in [6.45, 7) is 8.31. The molecule has 9 heteroatoms. The highest BCUT2D eigenvalue weighted by Gasteiger charge is 2.35. The highest BCUT2D eigenvalue weighted by molar-refractivity contribution is 8.05. The SMILES string of the molecule is CC(C)(C)OC(=O)C(C)(C)O/N=S1/C=C(CC(=O)O)N=C1N. The van der Waals surface area contributed by atoms with E-state index in [2.05, 4.69) is 9.52 Å². The van der Waals surface area contributed by atoms with E-state index in [0.717, 1.165) is 0 Å². The van der Waals surface area contributed by atoms with Gasteiger partial charge in [-0.15, -0.1) is 0 Å². The van der Waals surface area contributed by atoms with Gasteiger partial charge in [-0.2, -0.15) is 0 Å². The maximum absolute atomic E-state index is 12.0. The number of ether oxygens (including phenoxy) is 1. The summed E-state index contributed by atoms with van der Waals surface area (Å²) in [4.78, 5) is 31.8. The van der Waals surface area contributed by atoms with E-state index in [1.54, 1.807) is 20.8 Å². The molecule has 0 bridgehead atoms. The predicted octanol–water partition coefficient (Wildman–Crippen LogP) is 1.48. The Balaban J connectivity index is 2.79. The smallest absolute Gasteiger partial charge is 0.341 e. The fourth-order valence-corrected chi connectivity index (χ4v) is 2.38. The topological polar surface area (TPSA) is 124 Å². The second-order valence-electron chi connectivity index (χ2n) is 6.12. The van der Waals surface area contributed by atoms with Crippen LogP contribution in [-0.2, 0) is 29.9 Å². The number of carboxylic acid groups (broad SMARTS) is 1. The van der Waals surface area contributed by atoms with Crippen molar-refractivity contribution in [1.82, 2.24) is 0 Å². The molecule has 22 heavy (non-hydrogen) atoms. The van der Waals surface area contributed by atoms with Crippen LogP contribution in [0.2, 0.25) is 0 Å². The molecule has 0 aromatic rings. The van der Waals surface area contributed by atoms with Crippen LogP contribution >= 0.6 is 0 Å². The molecule has 1 rings (SSSR count). The van der Waals surface area contributed by atoms with Crippen LogP contribution < -0.4 is 5.73 Å². The number of nitrogens with zero attached hydrogens (tertiary/aromatic N) is 2. The predicted molar refractivity (Wildman–Crippen MR) is 82.8 cm³/mol. The first-order chi connectivity index (χ1) is 9.90. The molecule has 1 atom stereocenters. The third-order valence-corrected chi connectivity index (χ3v) is 3.53. The number of carboxylic acids is 1. The largest absolute Gasteiger partial charge is 0.481 e. The van der Waals surface area contributed by atoms with Crippen LogP contribution in [0.1, 0.15) is 41.0 Å². The molecular weight excluding hydrogens is 310 g/mol. The number of aliphatic carboxylic acids is 1. The normalized spacial score (nSPS) is 18.9. The van der Waals surface area contributed by atoms with Gasteiger partial charge in [0.1, 0.15) is 5.60 Å². The summed E-state index contributed by atoms with van der Waals surface area (Å²) in [5.41, 5.74) is 4.07. The Morgan fingerprint density at radius 3 is 2.45 bits per heavy atom. The van der Waals surface area contributed by atoms with E-state index >= 15 is 0 Å². The monoisotopic (exact) mass is 331 g/mol. The maximum atomic E-state index is 12.0. The van der Waals surface area contributed by atoms with Gasteiger partial charge >= 0.3 is 11.9 Å². The van der Waals surface area contributed by atoms with Gasteiger partial charge in [-0.25, -0.2) is 14.6 Å². The Kier molecular flexibility index (Phi) is 5.47. The van der Waals surface area contributed by atoms with Crippen LogP contribution in [0.4, 0.5) is 0 Å². The molecule has 1 aliphatic heterocycles. The number of hydrogen-bond acceptors (Lipinski definition) is 7. The Morgan fingerprint density at radius 2 is 1.95 bits per heavy atom. The summed E-state index contributed by atoms with van der Waals surface area (Å²) in [7, 11) is -1.01. The fourth-order valence-electron chi connectivity index (χ4n) is 1.27. The average Bonchev–Trinajstić information content (AvgIpc) is 2.63. The Hall–Kier alpha value is -1.74. The van der Waals surface area contributed by atoms with Crippen molar-refractivity contribution in [2.24, 2.45) is 15.3 Å². The van der Waals surface area contributed by atoms with Crippen LogP contribution in [0, 0.1) is 0 Å². The van der Waals surface area contributed by atoms with Crippen LogP contribution in [0.15, 0.2) is 20.6 Å². The van der Waals surface area contributed by atoms with Crippen molar-refractivity contribution in [3.8, 4) is 0 Å². The van der Waals surface area contributed by atoms with Gasteiger partial charge in [0, 0.05) is 16.1 Å². The van der Waals surface area contributed by atoms with Crippen molar-refractivity contribution in [3.05, 3.63) is 11.1 Å². The van der Waals surface area contributed by atoms with Gasteiger partial charge in [-0.05, 0) is 34.6 Å². The first-order valence-corrected chi connectivity index (χ1v) is 7.78. The van der Waals surface area contributed by atoms with Crippen LogP contribution in [0.3, 0.4) is 0 Å². The van der Waals surface area contributed by atoms with E-state index < -0.39 is 33.8 Å². The lowest BCUT2D eigenvalue weighted by atomic mass is 10.1. The molecule has 0 saturated carbocycles. The molecule has 1 heterocycles. The van der Waals surface area contributed by atoms with Gasteiger partial charge in [-0.1, -0.05) is 4.53 Å². The third kappa shape index (κ3) is 5.57. The number of carbonyl (C=O) groups excluding carboxylic acids is 1. The van der Waals surface area contributed by atoms with Crippen molar-refractivity contribution in [3.63, 3.8) is 0 Å². The summed E-state index contributed by atoms with van der Waals surface area (Å²) in [5.74, 6) is -1.57. The van der Waals surface area contributed by atoms with Crippen LogP contribution in [0.5, 0.6) is 0 Å². The lowest BCUT2D eigenvalue weighted by Crippen LogP contribution is -2.40. The lowest BCUT2D eigenvalue weighted by molar-refractivity contribution is -0.179. The first-order valence-electron chi connectivity index (χ1n) is 6.53. The van der Waals surface area contributed by atoms with Crippen LogP contribution in [0.25, 0.3) is 0 Å². The van der Waals surface area contributed by atoms with E-state index in [9.17, 15) is 9.59 Å². The number of aliphatic imine (C=N–C) groups is 1. The Labute approximate surface area is 131 Å². The highest BCUT2D eigenvalue weighted by Crippen LogP contribution is 2.20. The zero-order valence-corrected chi connectivity index (χ0v) is 14.1.